The fourth-order valence-electron chi connectivity index (χ4n) is 2.80. The predicted molar refractivity (Wildman–Crippen MR) is 69.7 cm³/mol. The second-order valence-corrected chi connectivity index (χ2v) is 6.35. The van der Waals surface area contributed by atoms with Gasteiger partial charge in [-0.1, -0.05) is 12.2 Å². The second kappa shape index (κ2) is 4.81. The summed E-state index contributed by atoms with van der Waals surface area (Å²) < 4.78 is 0. The summed E-state index contributed by atoms with van der Waals surface area (Å²) in [6.45, 7) is 6.83. The first-order valence-electron chi connectivity index (χ1n) is 6.67. The second-order valence-electron chi connectivity index (χ2n) is 6.35. The van der Waals surface area contributed by atoms with Gasteiger partial charge in [0.1, 0.15) is 0 Å². The molecule has 1 amide bonds. The quantitative estimate of drug-likeness (QED) is 0.731. The van der Waals surface area contributed by atoms with Crippen molar-refractivity contribution < 1.29 is 4.79 Å². The normalized spacial score (nSPS) is 30.9. The van der Waals surface area contributed by atoms with Gasteiger partial charge in [0, 0.05) is 24.5 Å². The third-order valence-corrected chi connectivity index (χ3v) is 3.64. The van der Waals surface area contributed by atoms with E-state index in [9.17, 15) is 4.79 Å². The molecule has 1 saturated carbocycles. The monoisotopic (exact) mass is 236 g/mol. The maximum Gasteiger partial charge on any atom is 0.221 e. The molecule has 0 aliphatic heterocycles. The Labute approximate surface area is 104 Å². The zero-order valence-corrected chi connectivity index (χ0v) is 11.1. The Kier molecular flexibility index (Phi) is 3.57. The van der Waals surface area contributed by atoms with Gasteiger partial charge in [-0.15, -0.1) is 0 Å². The van der Waals surface area contributed by atoms with E-state index in [1.54, 1.807) is 0 Å². The zero-order chi connectivity index (χ0) is 12.5. The van der Waals surface area contributed by atoms with Gasteiger partial charge in [-0.3, -0.25) is 4.79 Å². The number of carbonyl (C=O) groups excluding carboxylic acids is 1. The molecule has 3 atom stereocenters. The summed E-state index contributed by atoms with van der Waals surface area (Å²) in [6, 6.07) is 0.612. The number of fused-ring (bicyclic) bond motifs is 1. The number of carbonyl (C=O) groups is 1. The molecule has 2 rings (SSSR count). The van der Waals surface area contributed by atoms with Gasteiger partial charge in [0.2, 0.25) is 5.91 Å². The highest BCUT2D eigenvalue weighted by Gasteiger charge is 2.40. The largest absolute Gasteiger partial charge is 0.351 e. The van der Waals surface area contributed by atoms with Gasteiger partial charge < -0.3 is 10.6 Å². The maximum absolute atomic E-state index is 11.6. The standard InChI is InChI=1S/C14H24N2O/c1-14(2,3)16-13(17)7-8-15-12-9-10-5-4-6-11(10)12/h4,6,10-12,15H,5,7-9H2,1-3H3,(H,16,17). The summed E-state index contributed by atoms with van der Waals surface area (Å²) in [4.78, 5) is 11.6. The van der Waals surface area contributed by atoms with Crippen molar-refractivity contribution in [2.75, 3.05) is 6.54 Å². The van der Waals surface area contributed by atoms with Crippen LogP contribution in [0.5, 0.6) is 0 Å². The molecule has 0 radical (unpaired) electrons. The fourth-order valence-corrected chi connectivity index (χ4v) is 2.80. The average Bonchev–Trinajstić information content (AvgIpc) is 2.51. The van der Waals surface area contributed by atoms with Gasteiger partial charge >= 0.3 is 0 Å². The smallest absolute Gasteiger partial charge is 0.221 e. The molecule has 3 nitrogen and oxygen atoms in total. The Bertz CT molecular complexity index is 317. The van der Waals surface area contributed by atoms with Crippen LogP contribution in [-0.4, -0.2) is 24.0 Å². The summed E-state index contributed by atoms with van der Waals surface area (Å²) in [6.07, 6.45) is 7.74. The first kappa shape index (κ1) is 12.6. The van der Waals surface area contributed by atoms with Crippen LogP contribution in [0.3, 0.4) is 0 Å². The van der Waals surface area contributed by atoms with E-state index in [0.29, 0.717) is 12.5 Å². The minimum Gasteiger partial charge on any atom is -0.351 e. The summed E-state index contributed by atoms with van der Waals surface area (Å²) in [5.41, 5.74) is -0.118. The number of hydrogen-bond donors (Lipinski definition) is 2. The minimum absolute atomic E-state index is 0.118. The van der Waals surface area contributed by atoms with Gasteiger partial charge in [-0.05, 0) is 45.4 Å². The molecule has 0 spiro atoms. The molecule has 2 aliphatic rings. The molecule has 0 aromatic rings. The van der Waals surface area contributed by atoms with Gasteiger partial charge in [-0.2, -0.15) is 0 Å². The van der Waals surface area contributed by atoms with Crippen molar-refractivity contribution in [3.63, 3.8) is 0 Å². The van der Waals surface area contributed by atoms with E-state index in [1.165, 1.54) is 12.8 Å². The summed E-state index contributed by atoms with van der Waals surface area (Å²) >= 11 is 0. The lowest BCUT2D eigenvalue weighted by Crippen LogP contribution is -2.49. The summed E-state index contributed by atoms with van der Waals surface area (Å²) in [7, 11) is 0. The molecular weight excluding hydrogens is 212 g/mol. The zero-order valence-electron chi connectivity index (χ0n) is 11.1. The predicted octanol–water partition coefficient (Wildman–Crippen LogP) is 1.85. The molecule has 1 fully saturated rings. The van der Waals surface area contributed by atoms with E-state index in [1.807, 2.05) is 20.8 Å². The van der Waals surface area contributed by atoms with E-state index in [4.69, 9.17) is 0 Å². The van der Waals surface area contributed by atoms with Crippen molar-refractivity contribution in [3.05, 3.63) is 12.2 Å². The van der Waals surface area contributed by atoms with Gasteiger partial charge in [0.15, 0.2) is 0 Å². The van der Waals surface area contributed by atoms with Crippen LogP contribution in [0.15, 0.2) is 12.2 Å². The lowest BCUT2D eigenvalue weighted by atomic mass is 9.71. The van der Waals surface area contributed by atoms with E-state index >= 15 is 0 Å². The Morgan fingerprint density at radius 3 is 2.82 bits per heavy atom. The first-order chi connectivity index (χ1) is 7.96. The van der Waals surface area contributed by atoms with Gasteiger partial charge in [0.05, 0.1) is 0 Å². The van der Waals surface area contributed by atoms with Crippen LogP contribution in [0.4, 0.5) is 0 Å². The topological polar surface area (TPSA) is 41.1 Å². The molecule has 0 bridgehead atoms. The lowest BCUT2D eigenvalue weighted by Gasteiger charge is -2.40. The van der Waals surface area contributed by atoms with Crippen molar-refractivity contribution in [1.29, 1.82) is 0 Å². The molecule has 0 saturated heterocycles. The molecule has 96 valence electrons. The SMILES string of the molecule is CC(C)(C)NC(=O)CCNC1CC2CC=CC21. The lowest BCUT2D eigenvalue weighted by molar-refractivity contribution is -0.122. The molecular formula is C14H24N2O. The van der Waals surface area contributed by atoms with Crippen LogP contribution in [-0.2, 0) is 4.79 Å². The average molecular weight is 236 g/mol. The number of amides is 1. The third-order valence-electron chi connectivity index (χ3n) is 3.64. The van der Waals surface area contributed by atoms with Crippen molar-refractivity contribution in [2.45, 2.75) is 51.6 Å². The van der Waals surface area contributed by atoms with Crippen LogP contribution in [0, 0.1) is 11.8 Å². The number of allylic oxidation sites excluding steroid dienone is 1. The van der Waals surface area contributed by atoms with E-state index in [-0.39, 0.29) is 11.4 Å². The maximum atomic E-state index is 11.6. The minimum atomic E-state index is -0.118. The fraction of sp³-hybridized carbons (Fsp3) is 0.786. The van der Waals surface area contributed by atoms with Crippen LogP contribution in [0.25, 0.3) is 0 Å². The third kappa shape index (κ3) is 3.32. The Morgan fingerprint density at radius 1 is 1.41 bits per heavy atom. The Hall–Kier alpha value is -0.830. The highest BCUT2D eigenvalue weighted by molar-refractivity contribution is 5.76. The number of nitrogens with one attached hydrogen (secondary N) is 2. The van der Waals surface area contributed by atoms with Crippen LogP contribution < -0.4 is 10.6 Å². The molecule has 2 aliphatic carbocycles. The van der Waals surface area contributed by atoms with Crippen molar-refractivity contribution in [1.82, 2.24) is 10.6 Å². The van der Waals surface area contributed by atoms with Crippen molar-refractivity contribution in [2.24, 2.45) is 11.8 Å². The molecule has 0 aromatic heterocycles. The number of rotatable bonds is 4. The van der Waals surface area contributed by atoms with Crippen molar-refractivity contribution in [3.8, 4) is 0 Å². The first-order valence-corrected chi connectivity index (χ1v) is 6.67. The van der Waals surface area contributed by atoms with Crippen molar-refractivity contribution >= 4 is 5.91 Å². The van der Waals surface area contributed by atoms with Gasteiger partial charge in [0.25, 0.3) is 0 Å². The van der Waals surface area contributed by atoms with E-state index in [0.717, 1.165) is 18.4 Å². The Balaban J connectivity index is 1.60. The van der Waals surface area contributed by atoms with Crippen LogP contribution in [0.1, 0.15) is 40.0 Å². The van der Waals surface area contributed by atoms with E-state index in [2.05, 4.69) is 22.8 Å². The van der Waals surface area contributed by atoms with E-state index < -0.39 is 0 Å². The molecule has 3 unspecified atom stereocenters. The summed E-state index contributed by atoms with van der Waals surface area (Å²) in [5, 5.41) is 6.48. The highest BCUT2D eigenvalue weighted by atomic mass is 16.1. The van der Waals surface area contributed by atoms with Crippen LogP contribution >= 0.6 is 0 Å². The highest BCUT2D eigenvalue weighted by Crippen LogP contribution is 2.42. The Morgan fingerprint density at radius 2 is 2.18 bits per heavy atom. The summed E-state index contributed by atoms with van der Waals surface area (Å²) in [5.74, 6) is 1.76. The molecule has 0 aromatic carbocycles. The number of hydrogen-bond acceptors (Lipinski definition) is 2. The molecule has 3 heteroatoms. The molecule has 17 heavy (non-hydrogen) atoms. The molecule has 2 N–H and O–H groups in total. The van der Waals surface area contributed by atoms with Crippen LogP contribution in [0.2, 0.25) is 0 Å². The van der Waals surface area contributed by atoms with Gasteiger partial charge in [-0.25, -0.2) is 0 Å². The molecule has 0 heterocycles.